The fraction of sp³-hybridized carbons (Fsp3) is 0.574. The zero-order chi connectivity index (χ0) is 64.2. The standard InChI is InChI=1S/C61H83N13O14S/c1-9-20-71(21-10-2)22-16-14-17-45(67-57(79)54(37(4)5)68-51(75)18-13-12-15-23-72-32-47(69-70-72)39-28-63-60(64-29-39)89(8,83)84)56(78)62-30-52(76)65-35-85-34-53(77)73(38(6)7)24-19-40-41-25-49-50(88-36-87-49)27-46(41)66-55-42(40)31-74-48(55)26-44-43(58(74)80)33-86-59(81)61(44,82)11-3/h25-29,32,37-38,45,54,82H,9-24,30-31,33-36H2,1-8H3,(H,62,78)(H,65,76)(H,67,79)(H,68,75)/t45-,54-,61-/m0/s1. The number of carbonyl (C=O) groups is 6. The van der Waals surface area contributed by atoms with Crippen LogP contribution < -0.4 is 36.3 Å². The Bertz CT molecular complexity index is 3570. The molecule has 1 aromatic carbocycles. The van der Waals surface area contributed by atoms with E-state index in [4.69, 9.17) is 23.9 Å². The summed E-state index contributed by atoms with van der Waals surface area (Å²) in [5.41, 5.74) is 2.00. The molecule has 0 spiro atoms. The van der Waals surface area contributed by atoms with E-state index in [0.29, 0.717) is 78.3 Å². The van der Waals surface area contributed by atoms with Crippen LogP contribution in [0.3, 0.4) is 0 Å². The van der Waals surface area contributed by atoms with Gasteiger partial charge in [0.25, 0.3) is 5.56 Å². The van der Waals surface area contributed by atoms with E-state index in [2.05, 4.69) is 60.3 Å². The summed E-state index contributed by atoms with van der Waals surface area (Å²) in [5.74, 6) is -2.53. The van der Waals surface area contributed by atoms with Crippen LogP contribution in [-0.4, -0.2) is 171 Å². The zero-order valence-electron chi connectivity index (χ0n) is 52.0. The Labute approximate surface area is 517 Å². The molecule has 3 aliphatic rings. The highest BCUT2D eigenvalue weighted by molar-refractivity contribution is 7.90. The van der Waals surface area contributed by atoms with Crippen LogP contribution in [-0.2, 0) is 79.8 Å². The number of carbonyl (C=O) groups excluding carboxylic acids is 6. The third-order valence-corrected chi connectivity index (χ3v) is 17.0. The number of benzene rings is 1. The van der Waals surface area contributed by atoms with Crippen LogP contribution in [0.25, 0.3) is 33.5 Å². The maximum atomic E-state index is 14.1. The topological polar surface area (TPSA) is 340 Å². The molecule has 89 heavy (non-hydrogen) atoms. The van der Waals surface area contributed by atoms with Crippen molar-refractivity contribution >= 4 is 56.2 Å². The van der Waals surface area contributed by atoms with Crippen LogP contribution in [0.2, 0.25) is 0 Å². The molecule has 3 atom stereocenters. The van der Waals surface area contributed by atoms with Crippen molar-refractivity contribution < 1.29 is 61.2 Å². The highest BCUT2D eigenvalue weighted by Gasteiger charge is 2.46. The lowest BCUT2D eigenvalue weighted by molar-refractivity contribution is -0.172. The lowest BCUT2D eigenvalue weighted by atomic mass is 9.86. The number of pyridine rings is 2. The van der Waals surface area contributed by atoms with Gasteiger partial charge in [0.05, 0.1) is 41.8 Å². The number of hydrogen-bond donors (Lipinski definition) is 5. The van der Waals surface area contributed by atoms with Crippen molar-refractivity contribution in [2.75, 3.05) is 59.1 Å². The number of nitrogens with one attached hydrogen (secondary N) is 4. The summed E-state index contributed by atoms with van der Waals surface area (Å²) in [6.07, 6.45) is 11.5. The average Bonchev–Trinajstić information content (AvgIpc) is 1.64. The van der Waals surface area contributed by atoms with Crippen LogP contribution in [0.15, 0.2) is 46.7 Å². The molecule has 0 unspecified atom stereocenters. The minimum atomic E-state index is -3.55. The molecule has 5 N–H and O–H groups in total. The highest BCUT2D eigenvalue weighted by Crippen LogP contribution is 2.43. The number of aryl methyl sites for hydroxylation is 1. The molecule has 5 aromatic rings. The second kappa shape index (κ2) is 30.0. The van der Waals surface area contributed by atoms with E-state index in [1.54, 1.807) is 53.2 Å². The van der Waals surface area contributed by atoms with E-state index >= 15 is 0 Å². The first-order chi connectivity index (χ1) is 42.5. The average molecular weight is 1250 g/mol. The monoisotopic (exact) mass is 1250 g/mol. The molecule has 3 aliphatic heterocycles. The summed E-state index contributed by atoms with van der Waals surface area (Å²) >= 11 is 0. The molecule has 5 amide bonds. The molecular weight excluding hydrogens is 1170 g/mol. The number of sulfone groups is 1. The smallest absolute Gasteiger partial charge is 0.343 e. The molecule has 0 bridgehead atoms. The Morgan fingerprint density at radius 2 is 1.57 bits per heavy atom. The molecule has 0 aliphatic carbocycles. The number of ether oxygens (including phenoxy) is 4. The molecule has 28 heteroatoms. The van der Waals surface area contributed by atoms with Gasteiger partial charge in [-0.1, -0.05) is 46.3 Å². The molecule has 4 aromatic heterocycles. The SMILES string of the molecule is CCCN(CCC)CCCC[C@H](NC(=O)[C@@H](NC(=O)CCCCCn1cc(-c2cnc(S(C)(=O)=O)nc2)nn1)C(C)C)C(=O)NCC(=O)NCOCC(=O)N(CCc1c2c(nc3cc4c(cc13)OCO4)-c1cc3c(c(=O)n1C2)COC(=O)[C@]3(O)CC)C(C)C. The minimum Gasteiger partial charge on any atom is -0.458 e. The van der Waals surface area contributed by atoms with Crippen LogP contribution >= 0.6 is 0 Å². The zero-order valence-corrected chi connectivity index (χ0v) is 52.8. The molecular formula is C61H83N13O14S. The molecule has 7 heterocycles. The quantitative estimate of drug-likeness (QED) is 0.0170. The van der Waals surface area contributed by atoms with Crippen molar-refractivity contribution in [1.29, 1.82) is 0 Å². The van der Waals surface area contributed by atoms with E-state index in [1.165, 1.54) is 12.4 Å². The highest BCUT2D eigenvalue weighted by atomic mass is 32.2. The Hall–Kier alpha value is -7.95. The molecule has 482 valence electrons. The number of aromatic nitrogens is 7. The normalized spacial score (nSPS) is 15.6. The van der Waals surface area contributed by atoms with Gasteiger partial charge in [0.15, 0.2) is 17.1 Å². The van der Waals surface area contributed by atoms with Gasteiger partial charge in [-0.05, 0) is 115 Å². The first-order valence-electron chi connectivity index (χ1n) is 30.6. The molecule has 27 nitrogen and oxygen atoms in total. The lowest BCUT2D eigenvalue weighted by Crippen LogP contribution is -2.56. The number of unbranched alkanes of at least 4 members (excludes halogenated alkanes) is 3. The van der Waals surface area contributed by atoms with Crippen molar-refractivity contribution in [3.8, 4) is 34.1 Å². The van der Waals surface area contributed by atoms with Gasteiger partial charge in [-0.3, -0.25) is 33.4 Å². The molecule has 0 radical (unpaired) electrons. The van der Waals surface area contributed by atoms with Crippen LogP contribution in [0, 0.1) is 5.92 Å². The summed E-state index contributed by atoms with van der Waals surface area (Å²) < 4.78 is 49.0. The number of hydrogen-bond acceptors (Lipinski definition) is 20. The van der Waals surface area contributed by atoms with Crippen molar-refractivity contribution in [2.24, 2.45) is 5.92 Å². The second-order valence-corrected chi connectivity index (χ2v) is 25.3. The fourth-order valence-corrected chi connectivity index (χ4v) is 11.8. The number of aliphatic hydroxyl groups is 1. The van der Waals surface area contributed by atoms with Gasteiger partial charge in [-0.2, -0.15) is 0 Å². The predicted octanol–water partition coefficient (Wildman–Crippen LogP) is 3.42. The second-order valence-electron chi connectivity index (χ2n) is 23.4. The summed E-state index contributed by atoms with van der Waals surface area (Å²) in [4.78, 5) is 112. The number of rotatable bonds is 33. The Balaban J connectivity index is 0.830. The van der Waals surface area contributed by atoms with Gasteiger partial charge in [0.1, 0.15) is 37.7 Å². The number of fused-ring (bicyclic) bond motifs is 6. The minimum absolute atomic E-state index is 0.00799. The summed E-state index contributed by atoms with van der Waals surface area (Å²) in [7, 11) is -3.55. The Morgan fingerprint density at radius 1 is 0.843 bits per heavy atom. The number of cyclic esters (lactones) is 1. The summed E-state index contributed by atoms with van der Waals surface area (Å²) in [6, 6.07) is 3.00. The lowest BCUT2D eigenvalue weighted by Gasteiger charge is -2.31. The van der Waals surface area contributed by atoms with Gasteiger partial charge in [0.2, 0.25) is 51.3 Å². The fourth-order valence-electron chi connectivity index (χ4n) is 11.3. The Kier molecular flexibility index (Phi) is 22.6. The molecule has 0 fully saturated rings. The van der Waals surface area contributed by atoms with Gasteiger partial charge in [0, 0.05) is 72.3 Å². The first kappa shape index (κ1) is 67.0. The van der Waals surface area contributed by atoms with E-state index < -0.39 is 63.3 Å². The predicted molar refractivity (Wildman–Crippen MR) is 325 cm³/mol. The van der Waals surface area contributed by atoms with E-state index in [9.17, 15) is 47.1 Å². The maximum absolute atomic E-state index is 14.1. The van der Waals surface area contributed by atoms with Gasteiger partial charge >= 0.3 is 5.97 Å². The summed E-state index contributed by atoms with van der Waals surface area (Å²) in [6.45, 7) is 15.4. The molecule has 0 saturated heterocycles. The van der Waals surface area contributed by atoms with Crippen molar-refractivity contribution in [3.63, 3.8) is 0 Å². The van der Waals surface area contributed by atoms with Crippen LogP contribution in [0.4, 0.5) is 0 Å². The Morgan fingerprint density at radius 3 is 2.26 bits per heavy atom. The van der Waals surface area contributed by atoms with E-state index in [0.717, 1.165) is 61.7 Å². The van der Waals surface area contributed by atoms with Crippen LogP contribution in [0.1, 0.15) is 135 Å². The largest absolute Gasteiger partial charge is 0.458 e. The van der Waals surface area contributed by atoms with Crippen molar-refractivity contribution in [3.05, 3.63) is 69.4 Å². The van der Waals surface area contributed by atoms with Gasteiger partial charge in [-0.15, -0.1) is 5.10 Å². The number of amides is 5. The van der Waals surface area contributed by atoms with Crippen molar-refractivity contribution in [1.82, 2.24) is 65.6 Å². The van der Waals surface area contributed by atoms with Crippen LogP contribution in [0.5, 0.6) is 11.5 Å². The summed E-state index contributed by atoms with van der Waals surface area (Å²) in [5, 5.41) is 31.1. The number of nitrogens with zero attached hydrogens (tertiary/aromatic N) is 9. The maximum Gasteiger partial charge on any atom is 0.343 e. The molecule has 0 saturated carbocycles. The van der Waals surface area contributed by atoms with Crippen molar-refractivity contribution in [2.45, 2.75) is 168 Å². The first-order valence-corrected chi connectivity index (χ1v) is 32.5. The third kappa shape index (κ3) is 16.3. The number of esters is 1. The third-order valence-electron chi connectivity index (χ3n) is 16.1. The van der Waals surface area contributed by atoms with E-state index in [-0.39, 0.29) is 99.1 Å². The van der Waals surface area contributed by atoms with E-state index in [1.807, 2.05) is 19.9 Å². The van der Waals surface area contributed by atoms with Gasteiger partial charge < -0.3 is 59.7 Å². The molecule has 8 rings (SSSR count). The van der Waals surface area contributed by atoms with Gasteiger partial charge in [-0.25, -0.2) is 28.2 Å².